The predicted molar refractivity (Wildman–Crippen MR) is 108 cm³/mol. The van der Waals surface area contributed by atoms with E-state index in [2.05, 4.69) is 46.1 Å². The van der Waals surface area contributed by atoms with Crippen LogP contribution in [0, 0.1) is 5.92 Å². The van der Waals surface area contributed by atoms with Crippen molar-refractivity contribution in [2.75, 3.05) is 26.2 Å². The molecule has 0 unspecified atom stereocenters. The summed E-state index contributed by atoms with van der Waals surface area (Å²) in [5, 5.41) is 3.54. The Morgan fingerprint density at radius 1 is 1.15 bits per heavy atom. The van der Waals surface area contributed by atoms with Gasteiger partial charge in [-0.15, -0.1) is 0 Å². The average Bonchev–Trinajstić information content (AvgIpc) is 3.09. The Hall–Kier alpha value is -1.67. The molecule has 1 aliphatic rings. The van der Waals surface area contributed by atoms with E-state index in [-0.39, 0.29) is 0 Å². The maximum atomic E-state index is 12.3. The second-order valence-corrected chi connectivity index (χ2v) is 9.22. The summed E-state index contributed by atoms with van der Waals surface area (Å²) in [6.45, 7) is 6.34. The SMILES string of the molecule is C[C@H]1CCN(Cc2ccccc2)C[C@H]1NCCNS(=O)(=O)c1ccn(C)c1. The van der Waals surface area contributed by atoms with E-state index in [0.29, 0.717) is 29.9 Å². The molecule has 7 heteroatoms. The third-order valence-electron chi connectivity index (χ3n) is 5.23. The van der Waals surface area contributed by atoms with E-state index < -0.39 is 10.0 Å². The van der Waals surface area contributed by atoms with Crippen molar-refractivity contribution < 1.29 is 8.42 Å². The van der Waals surface area contributed by atoms with Gasteiger partial charge in [0.2, 0.25) is 10.0 Å². The number of hydrogen-bond acceptors (Lipinski definition) is 4. The maximum absolute atomic E-state index is 12.3. The number of rotatable bonds is 8. The number of aromatic nitrogens is 1. The highest BCUT2D eigenvalue weighted by Gasteiger charge is 2.25. The third kappa shape index (κ3) is 5.65. The molecule has 0 radical (unpaired) electrons. The Kier molecular flexibility index (Phi) is 6.70. The van der Waals surface area contributed by atoms with E-state index in [9.17, 15) is 8.42 Å². The summed E-state index contributed by atoms with van der Waals surface area (Å²) in [5.41, 5.74) is 1.33. The van der Waals surface area contributed by atoms with Crippen LogP contribution >= 0.6 is 0 Å². The van der Waals surface area contributed by atoms with Crippen molar-refractivity contribution >= 4 is 10.0 Å². The van der Waals surface area contributed by atoms with Crippen molar-refractivity contribution in [2.45, 2.75) is 30.8 Å². The molecular formula is C20H30N4O2S. The summed E-state index contributed by atoms with van der Waals surface area (Å²) in [6.07, 6.45) is 4.50. The van der Waals surface area contributed by atoms with Crippen LogP contribution in [0.5, 0.6) is 0 Å². The molecule has 1 aromatic carbocycles. The van der Waals surface area contributed by atoms with E-state index >= 15 is 0 Å². The monoisotopic (exact) mass is 390 g/mol. The van der Waals surface area contributed by atoms with E-state index in [1.54, 1.807) is 23.0 Å². The minimum absolute atomic E-state index is 0.310. The third-order valence-corrected chi connectivity index (χ3v) is 6.68. The Morgan fingerprint density at radius 2 is 1.93 bits per heavy atom. The number of benzene rings is 1. The molecule has 2 heterocycles. The highest BCUT2D eigenvalue weighted by molar-refractivity contribution is 7.89. The number of hydrogen-bond donors (Lipinski definition) is 2. The predicted octanol–water partition coefficient (Wildman–Crippen LogP) is 1.80. The number of nitrogens with zero attached hydrogens (tertiary/aromatic N) is 2. The van der Waals surface area contributed by atoms with Crippen LogP contribution in [0.1, 0.15) is 18.9 Å². The quantitative estimate of drug-likeness (QED) is 0.675. The summed E-state index contributed by atoms with van der Waals surface area (Å²) in [6, 6.07) is 12.5. The van der Waals surface area contributed by atoms with Gasteiger partial charge in [0.1, 0.15) is 0 Å². The zero-order valence-electron chi connectivity index (χ0n) is 16.1. The van der Waals surface area contributed by atoms with Crippen LogP contribution in [0.15, 0.2) is 53.7 Å². The van der Waals surface area contributed by atoms with Crippen LogP contribution in [0.2, 0.25) is 0 Å². The molecule has 148 valence electrons. The van der Waals surface area contributed by atoms with Crippen LogP contribution < -0.4 is 10.0 Å². The fourth-order valence-electron chi connectivity index (χ4n) is 3.55. The second kappa shape index (κ2) is 9.01. The Morgan fingerprint density at radius 3 is 2.63 bits per heavy atom. The number of likely N-dealkylation sites (tertiary alicyclic amines) is 1. The number of nitrogens with one attached hydrogen (secondary N) is 2. The minimum atomic E-state index is -3.43. The second-order valence-electron chi connectivity index (χ2n) is 7.46. The first kappa shape index (κ1) is 20.1. The van der Waals surface area contributed by atoms with E-state index in [1.165, 1.54) is 5.56 Å². The van der Waals surface area contributed by atoms with Crippen LogP contribution in [0.3, 0.4) is 0 Å². The smallest absolute Gasteiger partial charge is 0.242 e. The Balaban J connectivity index is 1.45. The minimum Gasteiger partial charge on any atom is -0.356 e. The molecule has 0 saturated carbocycles. The lowest BCUT2D eigenvalue weighted by Gasteiger charge is -2.37. The molecule has 6 nitrogen and oxygen atoms in total. The van der Waals surface area contributed by atoms with Crippen LogP contribution in [0.25, 0.3) is 0 Å². The van der Waals surface area contributed by atoms with Gasteiger partial charge in [0.05, 0.1) is 4.90 Å². The van der Waals surface area contributed by atoms with Gasteiger partial charge in [-0.2, -0.15) is 0 Å². The first-order chi connectivity index (χ1) is 12.9. The van der Waals surface area contributed by atoms with Gasteiger partial charge in [0.15, 0.2) is 0 Å². The van der Waals surface area contributed by atoms with Gasteiger partial charge in [-0.1, -0.05) is 37.3 Å². The van der Waals surface area contributed by atoms with Crippen LogP contribution in [-0.4, -0.2) is 50.1 Å². The lowest BCUT2D eigenvalue weighted by atomic mass is 9.93. The van der Waals surface area contributed by atoms with Crippen molar-refractivity contribution in [3.8, 4) is 0 Å². The highest BCUT2D eigenvalue weighted by Crippen LogP contribution is 2.19. The zero-order valence-corrected chi connectivity index (χ0v) is 17.0. The highest BCUT2D eigenvalue weighted by atomic mass is 32.2. The molecule has 1 saturated heterocycles. The van der Waals surface area contributed by atoms with Gasteiger partial charge in [-0.25, -0.2) is 13.1 Å². The Labute approximate surface area is 162 Å². The van der Waals surface area contributed by atoms with E-state index in [4.69, 9.17) is 0 Å². The van der Waals surface area contributed by atoms with E-state index in [0.717, 1.165) is 26.1 Å². The molecule has 3 rings (SSSR count). The van der Waals surface area contributed by atoms with Crippen LogP contribution in [-0.2, 0) is 23.6 Å². The molecule has 0 amide bonds. The molecule has 1 fully saturated rings. The molecule has 2 atom stereocenters. The van der Waals surface area contributed by atoms with Gasteiger partial charge in [-0.3, -0.25) is 4.90 Å². The summed E-state index contributed by atoms with van der Waals surface area (Å²) >= 11 is 0. The van der Waals surface area contributed by atoms with Gasteiger partial charge in [-0.05, 0) is 30.5 Å². The van der Waals surface area contributed by atoms with Crippen molar-refractivity contribution in [2.24, 2.45) is 13.0 Å². The van der Waals surface area contributed by atoms with Gasteiger partial charge < -0.3 is 9.88 Å². The van der Waals surface area contributed by atoms with Crippen molar-refractivity contribution in [3.05, 3.63) is 54.4 Å². The first-order valence-electron chi connectivity index (χ1n) is 9.55. The summed E-state index contributed by atoms with van der Waals surface area (Å²) < 4.78 is 28.9. The fraction of sp³-hybridized carbons (Fsp3) is 0.500. The van der Waals surface area contributed by atoms with E-state index in [1.807, 2.05) is 13.1 Å². The lowest BCUT2D eigenvalue weighted by molar-refractivity contribution is 0.143. The van der Waals surface area contributed by atoms with Gasteiger partial charge in [0.25, 0.3) is 0 Å². The lowest BCUT2D eigenvalue weighted by Crippen LogP contribution is -2.51. The summed E-state index contributed by atoms with van der Waals surface area (Å²) in [5.74, 6) is 0.586. The first-order valence-corrected chi connectivity index (χ1v) is 11.0. The summed E-state index contributed by atoms with van der Waals surface area (Å²) in [7, 11) is -1.62. The van der Waals surface area contributed by atoms with Crippen molar-refractivity contribution in [3.63, 3.8) is 0 Å². The molecule has 0 aliphatic carbocycles. The van der Waals surface area contributed by atoms with Crippen molar-refractivity contribution in [1.82, 2.24) is 19.5 Å². The van der Waals surface area contributed by atoms with Crippen molar-refractivity contribution in [1.29, 1.82) is 0 Å². The molecule has 1 aromatic heterocycles. The largest absolute Gasteiger partial charge is 0.356 e. The normalized spacial score (nSPS) is 21.4. The molecular weight excluding hydrogens is 360 g/mol. The van der Waals surface area contributed by atoms with Gasteiger partial charge >= 0.3 is 0 Å². The Bertz CT molecular complexity index is 820. The molecule has 27 heavy (non-hydrogen) atoms. The molecule has 2 aromatic rings. The van der Waals surface area contributed by atoms with Gasteiger partial charge in [0, 0.05) is 51.7 Å². The number of piperidine rings is 1. The zero-order chi connectivity index (χ0) is 19.3. The molecule has 0 spiro atoms. The number of aryl methyl sites for hydroxylation is 1. The fourth-order valence-corrected chi connectivity index (χ4v) is 4.63. The van der Waals surface area contributed by atoms with Crippen LogP contribution in [0.4, 0.5) is 0 Å². The standard InChI is InChI=1S/C20H30N4O2S/c1-17-8-13-24(14-18-6-4-3-5-7-18)16-20(17)21-10-11-22-27(25,26)19-9-12-23(2)15-19/h3-7,9,12,15,17,20-22H,8,10-11,13-14,16H2,1-2H3/t17-,20+/m0/s1. The molecule has 0 bridgehead atoms. The summed E-state index contributed by atoms with van der Waals surface area (Å²) in [4.78, 5) is 2.78. The average molecular weight is 391 g/mol. The topological polar surface area (TPSA) is 66.4 Å². The molecule has 1 aliphatic heterocycles. The molecule has 2 N–H and O–H groups in total. The maximum Gasteiger partial charge on any atom is 0.242 e. The number of sulfonamides is 1.